The summed E-state index contributed by atoms with van der Waals surface area (Å²) in [6.45, 7) is 4.37. The fourth-order valence-corrected chi connectivity index (χ4v) is 4.66. The van der Waals surface area contributed by atoms with Gasteiger partial charge in [0.1, 0.15) is 11.4 Å². The van der Waals surface area contributed by atoms with Crippen LogP contribution in [0.25, 0.3) is 11.3 Å². The Kier molecular flexibility index (Phi) is 6.61. The van der Waals surface area contributed by atoms with Crippen LogP contribution in [0.5, 0.6) is 5.75 Å². The van der Waals surface area contributed by atoms with Gasteiger partial charge >= 0.3 is 5.97 Å². The summed E-state index contributed by atoms with van der Waals surface area (Å²) < 4.78 is 10.6. The average Bonchev–Trinajstić information content (AvgIpc) is 3.48. The van der Waals surface area contributed by atoms with Crippen LogP contribution in [0.4, 0.5) is 11.4 Å². The number of amides is 1. The minimum absolute atomic E-state index is 0.120. The van der Waals surface area contributed by atoms with Crippen molar-refractivity contribution in [2.45, 2.75) is 19.9 Å². The summed E-state index contributed by atoms with van der Waals surface area (Å²) in [6.07, 6.45) is 0. The predicted octanol–water partition coefficient (Wildman–Crippen LogP) is 5.31. The van der Waals surface area contributed by atoms with Crippen molar-refractivity contribution in [3.8, 4) is 17.0 Å². The summed E-state index contributed by atoms with van der Waals surface area (Å²) >= 11 is 0. The maximum Gasteiger partial charge on any atom is 0.338 e. The molecule has 0 fully saturated rings. The minimum Gasteiger partial charge on any atom is -0.494 e. The van der Waals surface area contributed by atoms with Crippen LogP contribution in [0.15, 0.2) is 72.8 Å². The van der Waals surface area contributed by atoms with Gasteiger partial charge < -0.3 is 9.47 Å². The van der Waals surface area contributed by atoms with E-state index < -0.39 is 22.8 Å². The van der Waals surface area contributed by atoms with Gasteiger partial charge in [-0.25, -0.2) is 4.79 Å². The molecule has 1 aliphatic rings. The SMILES string of the molecule is CCOC(=O)c1ccc(N2C(=O)c3[nH]nc(-c4ccc(OCC)cc4)c3C2c2ccccc2[N+](=O)[O-])cc1. The number of carbonyl (C=O) groups is 2. The number of anilines is 1. The Hall–Kier alpha value is -4.99. The van der Waals surface area contributed by atoms with Crippen molar-refractivity contribution in [1.82, 2.24) is 10.2 Å². The Balaban J connectivity index is 1.66. The number of benzene rings is 3. The van der Waals surface area contributed by atoms with E-state index in [-0.39, 0.29) is 18.0 Å². The van der Waals surface area contributed by atoms with E-state index in [2.05, 4.69) is 10.2 Å². The highest BCUT2D eigenvalue weighted by atomic mass is 16.6. The fraction of sp³-hybridized carbons (Fsp3) is 0.179. The van der Waals surface area contributed by atoms with Gasteiger partial charge in [-0.15, -0.1) is 0 Å². The lowest BCUT2D eigenvalue weighted by Crippen LogP contribution is -2.29. The second-order valence-corrected chi connectivity index (χ2v) is 8.48. The molecule has 3 aromatic carbocycles. The number of esters is 1. The molecule has 1 aliphatic heterocycles. The molecule has 2 heterocycles. The van der Waals surface area contributed by atoms with Gasteiger partial charge in [0, 0.05) is 22.9 Å². The van der Waals surface area contributed by atoms with Gasteiger partial charge in [-0.3, -0.25) is 24.9 Å². The number of nitrogens with one attached hydrogen (secondary N) is 1. The Labute approximate surface area is 218 Å². The Morgan fingerprint density at radius 1 is 1.03 bits per heavy atom. The first-order chi connectivity index (χ1) is 18.4. The largest absolute Gasteiger partial charge is 0.494 e. The fourth-order valence-electron chi connectivity index (χ4n) is 4.66. The molecule has 192 valence electrons. The van der Waals surface area contributed by atoms with E-state index in [0.29, 0.717) is 40.4 Å². The highest BCUT2D eigenvalue weighted by molar-refractivity contribution is 6.12. The Morgan fingerprint density at radius 3 is 2.39 bits per heavy atom. The van der Waals surface area contributed by atoms with Crippen molar-refractivity contribution in [2.75, 3.05) is 18.1 Å². The predicted molar refractivity (Wildman–Crippen MR) is 139 cm³/mol. The molecule has 1 unspecified atom stereocenters. The number of hydrogen-bond donors (Lipinski definition) is 1. The Morgan fingerprint density at radius 2 is 1.74 bits per heavy atom. The van der Waals surface area contributed by atoms with Crippen LogP contribution in [-0.4, -0.2) is 40.2 Å². The normalized spacial score (nSPS) is 14.3. The number of nitro benzene ring substituents is 1. The molecule has 0 saturated carbocycles. The lowest BCUT2D eigenvalue weighted by atomic mass is 9.94. The van der Waals surface area contributed by atoms with E-state index in [1.54, 1.807) is 49.4 Å². The molecule has 1 amide bonds. The zero-order chi connectivity index (χ0) is 26.8. The molecule has 1 aromatic heterocycles. The van der Waals surface area contributed by atoms with Crippen molar-refractivity contribution < 1.29 is 24.0 Å². The molecule has 0 spiro atoms. The molecular weight excluding hydrogens is 488 g/mol. The summed E-state index contributed by atoms with van der Waals surface area (Å²) in [5, 5.41) is 19.3. The van der Waals surface area contributed by atoms with E-state index in [0.717, 1.165) is 5.56 Å². The van der Waals surface area contributed by atoms with Crippen LogP contribution in [-0.2, 0) is 4.74 Å². The van der Waals surface area contributed by atoms with E-state index in [4.69, 9.17) is 9.47 Å². The van der Waals surface area contributed by atoms with Gasteiger partial charge in [0.25, 0.3) is 11.6 Å². The van der Waals surface area contributed by atoms with Crippen LogP contribution >= 0.6 is 0 Å². The van der Waals surface area contributed by atoms with Gasteiger partial charge in [-0.2, -0.15) is 5.10 Å². The first-order valence-corrected chi connectivity index (χ1v) is 12.1. The highest BCUT2D eigenvalue weighted by Crippen LogP contribution is 2.47. The zero-order valence-corrected chi connectivity index (χ0v) is 20.7. The second-order valence-electron chi connectivity index (χ2n) is 8.48. The van der Waals surface area contributed by atoms with E-state index in [1.807, 2.05) is 31.2 Å². The summed E-state index contributed by atoms with van der Waals surface area (Å²) in [5.41, 5.74) is 3.02. The molecule has 10 heteroatoms. The van der Waals surface area contributed by atoms with Crippen molar-refractivity contribution in [3.05, 3.63) is 105 Å². The van der Waals surface area contributed by atoms with Crippen LogP contribution < -0.4 is 9.64 Å². The van der Waals surface area contributed by atoms with Crippen molar-refractivity contribution >= 4 is 23.3 Å². The number of rotatable bonds is 8. The minimum atomic E-state index is -0.840. The molecule has 4 aromatic rings. The van der Waals surface area contributed by atoms with Gasteiger partial charge in [0.05, 0.1) is 41.0 Å². The number of nitro groups is 1. The van der Waals surface area contributed by atoms with Crippen LogP contribution in [0.1, 0.15) is 51.9 Å². The Bertz CT molecular complexity index is 1510. The molecule has 0 saturated heterocycles. The first kappa shape index (κ1) is 24.7. The number of ether oxygens (including phenoxy) is 2. The lowest BCUT2D eigenvalue weighted by molar-refractivity contribution is -0.385. The van der Waals surface area contributed by atoms with Gasteiger partial charge in [-0.05, 0) is 68.4 Å². The number of carbonyl (C=O) groups excluding carboxylic acids is 2. The molecule has 0 radical (unpaired) electrons. The summed E-state index contributed by atoms with van der Waals surface area (Å²) in [6, 6.07) is 19.2. The standard InChI is InChI=1S/C28H24N4O6/c1-3-37-20-15-11-17(12-16-20)24-23-25(30-29-24)27(33)31(19-13-9-18(10-14-19)28(34)38-4-2)26(23)21-7-5-6-8-22(21)32(35)36/h5-16,26H,3-4H2,1-2H3,(H,29,30). The topological polar surface area (TPSA) is 128 Å². The van der Waals surface area contributed by atoms with E-state index in [9.17, 15) is 19.7 Å². The smallest absolute Gasteiger partial charge is 0.338 e. The van der Waals surface area contributed by atoms with Gasteiger partial charge in [0.15, 0.2) is 0 Å². The average molecular weight is 513 g/mol. The van der Waals surface area contributed by atoms with Gasteiger partial charge in [-0.1, -0.05) is 12.1 Å². The molecule has 10 nitrogen and oxygen atoms in total. The monoisotopic (exact) mass is 512 g/mol. The maximum atomic E-state index is 13.7. The van der Waals surface area contributed by atoms with Crippen LogP contribution in [0.3, 0.4) is 0 Å². The van der Waals surface area contributed by atoms with Crippen molar-refractivity contribution in [2.24, 2.45) is 0 Å². The number of para-hydroxylation sites is 1. The lowest BCUT2D eigenvalue weighted by Gasteiger charge is -2.26. The summed E-state index contributed by atoms with van der Waals surface area (Å²) in [4.78, 5) is 38.9. The maximum absolute atomic E-state index is 13.7. The molecule has 5 rings (SSSR count). The molecule has 38 heavy (non-hydrogen) atoms. The van der Waals surface area contributed by atoms with E-state index in [1.165, 1.54) is 11.0 Å². The quantitative estimate of drug-likeness (QED) is 0.192. The number of aromatic amines is 1. The third-order valence-electron chi connectivity index (χ3n) is 6.29. The number of hydrogen-bond acceptors (Lipinski definition) is 7. The molecule has 0 aliphatic carbocycles. The van der Waals surface area contributed by atoms with Crippen molar-refractivity contribution in [1.29, 1.82) is 0 Å². The third-order valence-corrected chi connectivity index (χ3v) is 6.29. The number of aromatic nitrogens is 2. The number of H-pyrrole nitrogens is 1. The van der Waals surface area contributed by atoms with Gasteiger partial charge in [0.2, 0.25) is 0 Å². The number of nitrogens with zero attached hydrogens (tertiary/aromatic N) is 3. The second kappa shape index (κ2) is 10.2. The van der Waals surface area contributed by atoms with E-state index >= 15 is 0 Å². The molecular formula is C28H24N4O6. The molecule has 1 atom stereocenters. The molecule has 1 N–H and O–H groups in total. The summed E-state index contributed by atoms with van der Waals surface area (Å²) in [5.74, 6) is -0.177. The highest BCUT2D eigenvalue weighted by Gasteiger charge is 2.45. The number of fused-ring (bicyclic) bond motifs is 1. The molecule has 0 bridgehead atoms. The first-order valence-electron chi connectivity index (χ1n) is 12.1. The third kappa shape index (κ3) is 4.26. The zero-order valence-electron chi connectivity index (χ0n) is 20.7. The summed E-state index contributed by atoms with van der Waals surface area (Å²) in [7, 11) is 0. The van der Waals surface area contributed by atoms with Crippen LogP contribution in [0, 0.1) is 10.1 Å². The van der Waals surface area contributed by atoms with Crippen LogP contribution in [0.2, 0.25) is 0 Å². The van der Waals surface area contributed by atoms with Crippen molar-refractivity contribution in [3.63, 3.8) is 0 Å².